The van der Waals surface area contributed by atoms with E-state index in [2.05, 4.69) is 47.9 Å². The zero-order chi connectivity index (χ0) is 18.0. The number of aromatic nitrogens is 2. The van der Waals surface area contributed by atoms with Gasteiger partial charge in [-0.1, -0.05) is 32.8 Å². The molecule has 0 saturated heterocycles. The molecule has 7 heteroatoms. The Labute approximate surface area is 180 Å². The quantitative estimate of drug-likeness (QED) is 0.221. The van der Waals surface area contributed by atoms with Crippen LogP contribution < -0.4 is 17.5 Å². The Morgan fingerprint density at radius 1 is 1.15 bits per heavy atom. The van der Waals surface area contributed by atoms with Gasteiger partial charge in [0.1, 0.15) is 0 Å². The molecule has 0 unspecified atom stereocenters. The standard InChI is InChI=1S/C11H10N4O.2C4H9.ClH.Sn/c16-11(10-5-1-2-6-13-10)15-14-8-9-4-3-7-12-9;2*1-3-4-2;;/h1-8,12H,(H,15,16);2*1,3-4H2,2H3;1H;/q;2*-1;;+4/p-2/b14-8+;;;;. The second kappa shape index (κ2) is 21.7. The smallest absolute Gasteiger partial charge is 1.00 e. The third-order valence-electron chi connectivity index (χ3n) is 2.56. The first-order valence-electron chi connectivity index (χ1n) is 8.10. The van der Waals surface area contributed by atoms with Crippen LogP contribution in [-0.2, 0) is 0 Å². The van der Waals surface area contributed by atoms with Gasteiger partial charge < -0.3 is 36.3 Å². The number of H-pyrrole nitrogens is 1. The summed E-state index contributed by atoms with van der Waals surface area (Å²) in [6.45, 7) is 11.4. The first kappa shape index (κ1) is 29.4. The number of hydrogen-bond donors (Lipinski definition) is 1. The third kappa shape index (κ3) is 16.1. The molecule has 0 atom stereocenters. The Morgan fingerprint density at radius 3 is 2.19 bits per heavy atom. The number of nitrogens with zero attached hydrogens (tertiary/aromatic N) is 3. The van der Waals surface area contributed by atoms with Gasteiger partial charge in [-0.2, -0.15) is 23.0 Å². The van der Waals surface area contributed by atoms with Crippen LogP contribution in [0.15, 0.2) is 52.9 Å². The van der Waals surface area contributed by atoms with Crippen LogP contribution in [0.2, 0.25) is 0 Å². The van der Waals surface area contributed by atoms with E-state index in [1.807, 2.05) is 12.1 Å². The molecule has 2 heterocycles. The minimum atomic E-state index is -0.455. The number of aromatic amines is 1. The molecule has 0 bridgehead atoms. The summed E-state index contributed by atoms with van der Waals surface area (Å²) in [5.41, 5.74) is 1.07. The van der Waals surface area contributed by atoms with Crippen molar-refractivity contribution >= 4 is 36.0 Å². The van der Waals surface area contributed by atoms with E-state index in [-0.39, 0.29) is 42.0 Å². The molecule has 0 fully saturated rings. The van der Waals surface area contributed by atoms with Crippen LogP contribution in [-0.4, -0.2) is 46.0 Å². The van der Waals surface area contributed by atoms with Crippen LogP contribution in [0.25, 0.3) is 0 Å². The molecule has 2 rings (SSSR count). The van der Waals surface area contributed by atoms with Crippen LogP contribution in [0.3, 0.4) is 0 Å². The molecule has 0 aliphatic heterocycles. The average molecular weight is 482 g/mol. The molecule has 5 nitrogen and oxygen atoms in total. The van der Waals surface area contributed by atoms with Crippen molar-refractivity contribution in [2.24, 2.45) is 10.2 Å². The van der Waals surface area contributed by atoms with E-state index in [4.69, 9.17) is 0 Å². The Hall–Kier alpha value is -1.34. The summed E-state index contributed by atoms with van der Waals surface area (Å²) in [6, 6.07) is 8.71. The monoisotopic (exact) mass is 482 g/mol. The number of rotatable bonds is 5. The molecule has 0 aliphatic carbocycles. The van der Waals surface area contributed by atoms with Crippen molar-refractivity contribution in [1.29, 1.82) is 0 Å². The second-order valence-corrected chi connectivity index (χ2v) is 4.70. The van der Waals surface area contributed by atoms with Crippen LogP contribution >= 0.6 is 0 Å². The molecule has 2 aromatic rings. The topological polar surface area (TPSA) is 76.5 Å². The van der Waals surface area contributed by atoms with Gasteiger partial charge in [0.05, 0.1) is 17.6 Å². The van der Waals surface area contributed by atoms with Crippen molar-refractivity contribution in [3.8, 4) is 0 Å². The van der Waals surface area contributed by atoms with E-state index in [1.54, 1.807) is 24.4 Å². The Morgan fingerprint density at radius 2 is 1.77 bits per heavy atom. The Kier molecular flexibility index (Phi) is 24.6. The molecule has 0 saturated carbocycles. The SMILES string of the molecule is [CH2-]CCC.[CH2-]CCC.[Cl-].[O-]/C(=N\N=C\c1ccc[nH]1)c1ccccn1.[Sn+4]. The molecule has 0 spiro atoms. The predicted octanol–water partition coefficient (Wildman–Crippen LogP) is 0.415. The van der Waals surface area contributed by atoms with Gasteiger partial charge in [0, 0.05) is 18.3 Å². The van der Waals surface area contributed by atoms with Gasteiger partial charge in [0.2, 0.25) is 0 Å². The molecular weight excluding hydrogens is 454 g/mol. The van der Waals surface area contributed by atoms with Crippen molar-refractivity contribution in [1.82, 2.24) is 9.97 Å². The minimum absolute atomic E-state index is 0. The largest absolute Gasteiger partial charge is 4.00 e. The molecule has 1 N–H and O–H groups in total. The van der Waals surface area contributed by atoms with E-state index in [1.165, 1.54) is 25.3 Å². The zero-order valence-corrected chi connectivity index (χ0v) is 19.1. The molecule has 140 valence electrons. The number of nitrogens with one attached hydrogen (secondary N) is 1. The van der Waals surface area contributed by atoms with Crippen molar-refractivity contribution in [3.05, 3.63) is 68.0 Å². The predicted molar refractivity (Wildman–Crippen MR) is 105 cm³/mol. The maximum Gasteiger partial charge on any atom is 4.00 e. The normalized spacial score (nSPS) is 9.77. The van der Waals surface area contributed by atoms with E-state index in [9.17, 15) is 5.11 Å². The Bertz CT molecular complexity index is 552. The van der Waals surface area contributed by atoms with Crippen LogP contribution in [0.5, 0.6) is 0 Å². The summed E-state index contributed by atoms with van der Waals surface area (Å²) in [6.07, 6.45) is 9.33. The van der Waals surface area contributed by atoms with Gasteiger partial charge in [-0.05, 0) is 24.3 Å². The minimum Gasteiger partial charge on any atom is -1.00 e. The van der Waals surface area contributed by atoms with Gasteiger partial charge in [-0.25, -0.2) is 0 Å². The van der Waals surface area contributed by atoms with Crippen molar-refractivity contribution in [3.63, 3.8) is 0 Å². The van der Waals surface area contributed by atoms with E-state index >= 15 is 0 Å². The molecular formula is C19H27ClN4OSn. The summed E-state index contributed by atoms with van der Waals surface area (Å²) in [7, 11) is 0. The number of unbranched alkanes of at least 4 members (excludes halogenated alkanes) is 2. The average Bonchev–Trinajstić information content (AvgIpc) is 3.16. The number of pyridine rings is 1. The maximum absolute atomic E-state index is 11.4. The van der Waals surface area contributed by atoms with Gasteiger partial charge in [-0.3, -0.25) is 4.98 Å². The van der Waals surface area contributed by atoms with Crippen LogP contribution in [0, 0.1) is 13.8 Å². The van der Waals surface area contributed by atoms with Gasteiger partial charge in [0.15, 0.2) is 0 Å². The van der Waals surface area contributed by atoms with Crippen molar-refractivity contribution in [2.45, 2.75) is 39.5 Å². The first-order chi connectivity index (χ1) is 11.7. The van der Waals surface area contributed by atoms with Crippen LogP contribution in [0.4, 0.5) is 0 Å². The molecule has 0 amide bonds. The summed E-state index contributed by atoms with van der Waals surface area (Å²) in [5, 5.41) is 18.6. The van der Waals surface area contributed by atoms with Gasteiger partial charge >= 0.3 is 23.9 Å². The molecule has 26 heavy (non-hydrogen) atoms. The summed E-state index contributed by atoms with van der Waals surface area (Å²) < 4.78 is 0. The van der Waals surface area contributed by atoms with E-state index in [0.717, 1.165) is 18.5 Å². The third-order valence-corrected chi connectivity index (χ3v) is 2.56. The molecule has 2 aromatic heterocycles. The van der Waals surface area contributed by atoms with E-state index in [0.29, 0.717) is 0 Å². The fourth-order valence-corrected chi connectivity index (χ4v) is 1.11. The zero-order valence-electron chi connectivity index (χ0n) is 15.5. The maximum atomic E-state index is 11.4. The fourth-order valence-electron chi connectivity index (χ4n) is 1.11. The van der Waals surface area contributed by atoms with Gasteiger partial charge in [0.25, 0.3) is 0 Å². The first-order valence-corrected chi connectivity index (χ1v) is 8.10. The molecule has 0 aromatic carbocycles. The number of halogens is 1. The summed E-state index contributed by atoms with van der Waals surface area (Å²) in [4.78, 5) is 6.78. The Balaban J connectivity index is -0.000000454. The fraction of sp³-hybridized carbons (Fsp3) is 0.316. The van der Waals surface area contributed by atoms with Crippen LogP contribution in [0.1, 0.15) is 50.9 Å². The second-order valence-electron chi connectivity index (χ2n) is 4.70. The summed E-state index contributed by atoms with van der Waals surface area (Å²) in [5.74, 6) is -0.455. The molecule has 0 aliphatic rings. The van der Waals surface area contributed by atoms with Gasteiger partial charge in [-0.15, -0.1) is 0 Å². The van der Waals surface area contributed by atoms with Crippen molar-refractivity contribution < 1.29 is 17.5 Å². The summed E-state index contributed by atoms with van der Waals surface area (Å²) >= 11 is 0. The van der Waals surface area contributed by atoms with Crippen molar-refractivity contribution in [2.75, 3.05) is 0 Å². The van der Waals surface area contributed by atoms with E-state index < -0.39 is 5.90 Å². The number of hydrogen-bond acceptors (Lipinski definition) is 4. The molecule has 0 radical (unpaired) electrons.